The van der Waals surface area contributed by atoms with Crippen molar-refractivity contribution in [1.29, 1.82) is 0 Å². The van der Waals surface area contributed by atoms with Crippen molar-refractivity contribution in [3.05, 3.63) is 35.9 Å². The van der Waals surface area contributed by atoms with Crippen LogP contribution in [0.5, 0.6) is 0 Å². The number of sulfone groups is 1. The maximum Gasteiger partial charge on any atom is 0.223 e. The average molecular weight is 349 g/mol. The van der Waals surface area contributed by atoms with Gasteiger partial charge in [-0.1, -0.05) is 36.8 Å². The molecule has 1 saturated heterocycles. The van der Waals surface area contributed by atoms with Gasteiger partial charge < -0.3 is 5.32 Å². The van der Waals surface area contributed by atoms with E-state index >= 15 is 0 Å². The van der Waals surface area contributed by atoms with Gasteiger partial charge in [-0.25, -0.2) is 8.42 Å². The molecule has 0 aromatic heterocycles. The van der Waals surface area contributed by atoms with E-state index in [4.69, 9.17) is 0 Å². The number of aryl methyl sites for hydroxylation is 1. The van der Waals surface area contributed by atoms with Gasteiger partial charge in [0.2, 0.25) is 5.91 Å². The Bertz CT molecular complexity index is 655. The third-order valence-corrected chi connectivity index (χ3v) is 7.26. The second kappa shape index (κ2) is 7.26. The van der Waals surface area contributed by atoms with E-state index in [1.807, 2.05) is 6.07 Å². The molecule has 132 valence electrons. The van der Waals surface area contributed by atoms with Gasteiger partial charge in [-0.05, 0) is 49.5 Å². The molecule has 1 amide bonds. The van der Waals surface area contributed by atoms with Crippen LogP contribution in [0.1, 0.15) is 44.1 Å². The van der Waals surface area contributed by atoms with E-state index < -0.39 is 9.84 Å². The molecule has 5 heteroatoms. The topological polar surface area (TPSA) is 63.2 Å². The number of amides is 1. The Morgan fingerprint density at radius 2 is 1.79 bits per heavy atom. The molecule has 0 unspecified atom stereocenters. The van der Waals surface area contributed by atoms with Crippen LogP contribution in [0, 0.1) is 11.3 Å². The number of hydrogen-bond donors (Lipinski definition) is 1. The summed E-state index contributed by atoms with van der Waals surface area (Å²) in [5.41, 5.74) is 1.37. The van der Waals surface area contributed by atoms with Crippen molar-refractivity contribution in [2.75, 3.05) is 18.1 Å². The van der Waals surface area contributed by atoms with Crippen LogP contribution in [-0.4, -0.2) is 32.4 Å². The van der Waals surface area contributed by atoms with Crippen LogP contribution in [-0.2, 0) is 21.1 Å². The van der Waals surface area contributed by atoms with E-state index in [-0.39, 0.29) is 28.7 Å². The molecule has 2 fully saturated rings. The summed E-state index contributed by atoms with van der Waals surface area (Å²) >= 11 is 0. The monoisotopic (exact) mass is 349 g/mol. The number of nitrogens with one attached hydrogen (secondary N) is 1. The molecule has 2 aliphatic rings. The summed E-state index contributed by atoms with van der Waals surface area (Å²) in [6.07, 6.45) is 6.58. The maximum atomic E-state index is 12.2. The lowest BCUT2D eigenvalue weighted by Gasteiger charge is -2.22. The molecule has 1 spiro atoms. The molecule has 1 aliphatic carbocycles. The van der Waals surface area contributed by atoms with Gasteiger partial charge in [-0.3, -0.25) is 4.79 Å². The van der Waals surface area contributed by atoms with Gasteiger partial charge in [0, 0.05) is 12.5 Å². The van der Waals surface area contributed by atoms with Crippen molar-refractivity contribution >= 4 is 15.7 Å². The first-order chi connectivity index (χ1) is 11.5. The van der Waals surface area contributed by atoms with Crippen molar-refractivity contribution in [2.24, 2.45) is 11.3 Å². The van der Waals surface area contributed by atoms with Crippen LogP contribution in [0.2, 0.25) is 0 Å². The zero-order chi connectivity index (χ0) is 17.0. The zero-order valence-corrected chi connectivity index (χ0v) is 15.0. The summed E-state index contributed by atoms with van der Waals surface area (Å²) in [5, 5.41) is 3.05. The summed E-state index contributed by atoms with van der Waals surface area (Å²) in [4.78, 5) is 12.2. The molecule has 1 atom stereocenters. The SMILES string of the molecule is O=C(NCCCCCc1ccccc1)[C@H]1CC12CCS(=O)(=O)CC2. The summed E-state index contributed by atoms with van der Waals surface area (Å²) in [6, 6.07) is 10.5. The Hall–Kier alpha value is -1.36. The second-order valence-corrected chi connectivity index (χ2v) is 9.66. The first-order valence-electron chi connectivity index (χ1n) is 9.03. The molecule has 0 bridgehead atoms. The fraction of sp³-hybridized carbons (Fsp3) is 0.632. The van der Waals surface area contributed by atoms with Crippen LogP contribution in [0.15, 0.2) is 30.3 Å². The van der Waals surface area contributed by atoms with Crippen molar-refractivity contribution in [2.45, 2.75) is 44.9 Å². The number of carbonyl (C=O) groups is 1. The first kappa shape index (κ1) is 17.5. The Morgan fingerprint density at radius 3 is 2.50 bits per heavy atom. The molecule has 4 nitrogen and oxygen atoms in total. The largest absolute Gasteiger partial charge is 0.356 e. The summed E-state index contributed by atoms with van der Waals surface area (Å²) in [7, 11) is -2.84. The minimum absolute atomic E-state index is 0.00269. The zero-order valence-electron chi connectivity index (χ0n) is 14.2. The highest BCUT2D eigenvalue weighted by molar-refractivity contribution is 7.91. The predicted octanol–water partition coefficient (Wildman–Crippen LogP) is 2.73. The minimum atomic E-state index is -2.84. The molecule has 0 radical (unpaired) electrons. The summed E-state index contributed by atoms with van der Waals surface area (Å²) in [6.45, 7) is 0.735. The van der Waals surface area contributed by atoms with E-state index in [2.05, 4.69) is 29.6 Å². The quantitative estimate of drug-likeness (QED) is 0.770. The molecule has 1 saturated carbocycles. The van der Waals surface area contributed by atoms with Crippen LogP contribution >= 0.6 is 0 Å². The number of unbranched alkanes of at least 4 members (excludes halogenated alkanes) is 2. The van der Waals surface area contributed by atoms with E-state index in [0.717, 1.165) is 38.6 Å². The smallest absolute Gasteiger partial charge is 0.223 e. The van der Waals surface area contributed by atoms with Gasteiger partial charge in [0.25, 0.3) is 0 Å². The third kappa shape index (κ3) is 4.38. The molecule has 24 heavy (non-hydrogen) atoms. The number of carbonyl (C=O) groups excluding carboxylic acids is 1. The lowest BCUT2D eigenvalue weighted by Crippen LogP contribution is -2.32. The summed E-state index contributed by atoms with van der Waals surface area (Å²) in [5.74, 6) is 0.710. The number of rotatable bonds is 7. The Balaban J connectivity index is 1.29. The molecular weight excluding hydrogens is 322 g/mol. The van der Waals surface area contributed by atoms with Crippen LogP contribution in [0.25, 0.3) is 0 Å². The van der Waals surface area contributed by atoms with Crippen molar-refractivity contribution in [1.82, 2.24) is 5.32 Å². The molecule has 1 N–H and O–H groups in total. The van der Waals surface area contributed by atoms with Crippen molar-refractivity contribution < 1.29 is 13.2 Å². The third-order valence-electron chi connectivity index (χ3n) is 5.61. The second-order valence-electron chi connectivity index (χ2n) is 7.36. The minimum Gasteiger partial charge on any atom is -0.356 e. The van der Waals surface area contributed by atoms with Crippen LogP contribution < -0.4 is 5.32 Å². The van der Waals surface area contributed by atoms with Gasteiger partial charge in [0.05, 0.1) is 11.5 Å². The molecule has 1 aliphatic heterocycles. The predicted molar refractivity (Wildman–Crippen MR) is 95.4 cm³/mol. The lowest BCUT2D eigenvalue weighted by atomic mass is 9.96. The fourth-order valence-corrected chi connectivity index (χ4v) is 5.47. The summed E-state index contributed by atoms with van der Waals surface area (Å²) < 4.78 is 23.0. The van der Waals surface area contributed by atoms with Gasteiger partial charge in [-0.15, -0.1) is 0 Å². The average Bonchev–Trinajstić information content (AvgIpc) is 3.29. The van der Waals surface area contributed by atoms with Crippen molar-refractivity contribution in [3.63, 3.8) is 0 Å². The standard InChI is InChI=1S/C19H27NO3S/c21-18(17-15-19(17)10-13-24(22,23)14-11-19)20-12-6-2-5-9-16-7-3-1-4-8-16/h1,3-4,7-8,17H,2,5-6,9-15H2,(H,20,21)/t17-/m1/s1. The van der Waals surface area contributed by atoms with Gasteiger partial charge >= 0.3 is 0 Å². The molecular formula is C19H27NO3S. The number of hydrogen-bond acceptors (Lipinski definition) is 3. The van der Waals surface area contributed by atoms with E-state index in [1.54, 1.807) is 0 Å². The van der Waals surface area contributed by atoms with Crippen molar-refractivity contribution in [3.8, 4) is 0 Å². The lowest BCUT2D eigenvalue weighted by molar-refractivity contribution is -0.123. The highest BCUT2D eigenvalue weighted by Crippen LogP contribution is 2.59. The molecule has 1 heterocycles. The fourth-order valence-electron chi connectivity index (χ4n) is 3.83. The van der Waals surface area contributed by atoms with E-state index in [9.17, 15) is 13.2 Å². The van der Waals surface area contributed by atoms with Gasteiger partial charge in [0.15, 0.2) is 0 Å². The molecule has 3 rings (SSSR count). The Kier molecular flexibility index (Phi) is 5.28. The highest BCUT2D eigenvalue weighted by atomic mass is 32.2. The first-order valence-corrected chi connectivity index (χ1v) is 10.9. The van der Waals surface area contributed by atoms with Gasteiger partial charge in [-0.2, -0.15) is 0 Å². The normalized spacial score (nSPS) is 23.8. The molecule has 1 aromatic carbocycles. The molecule has 1 aromatic rings. The van der Waals surface area contributed by atoms with E-state index in [0.29, 0.717) is 12.8 Å². The highest BCUT2D eigenvalue weighted by Gasteiger charge is 2.59. The Morgan fingerprint density at radius 1 is 1.08 bits per heavy atom. The van der Waals surface area contributed by atoms with Crippen LogP contribution in [0.4, 0.5) is 0 Å². The Labute approximate surface area is 145 Å². The van der Waals surface area contributed by atoms with Crippen LogP contribution in [0.3, 0.4) is 0 Å². The van der Waals surface area contributed by atoms with Gasteiger partial charge in [0.1, 0.15) is 9.84 Å². The maximum absolute atomic E-state index is 12.2. The number of benzene rings is 1. The van der Waals surface area contributed by atoms with E-state index in [1.165, 1.54) is 5.56 Å².